The predicted molar refractivity (Wildman–Crippen MR) is 45.6 cm³/mol. The van der Waals surface area contributed by atoms with E-state index >= 15 is 0 Å². The Bertz CT molecular complexity index is 218. The summed E-state index contributed by atoms with van der Waals surface area (Å²) < 4.78 is 13.0. The van der Waals surface area contributed by atoms with Crippen LogP contribution in [-0.4, -0.2) is 0 Å². The minimum Gasteiger partial charge on any atom is -0.242 e. The first-order valence-corrected chi connectivity index (χ1v) is 4.01. The molecule has 0 spiro atoms. The van der Waals surface area contributed by atoms with Gasteiger partial charge in [-0.25, -0.2) is 4.39 Å². The number of alkyl halides is 1. The zero-order valence-corrected chi connectivity index (χ0v) is 7.11. The first kappa shape index (κ1) is 8.54. The molecule has 11 heavy (non-hydrogen) atoms. The first-order valence-electron chi connectivity index (χ1n) is 3.63. The molecule has 0 amide bonds. The highest BCUT2D eigenvalue weighted by molar-refractivity contribution is 6.30. The average molecular weight is 173 g/mol. The molecule has 1 rings (SSSR count). The molecule has 0 nitrogen and oxygen atoms in total. The van der Waals surface area contributed by atoms with Crippen LogP contribution in [0.3, 0.4) is 0 Å². The Morgan fingerprint density at radius 2 is 1.91 bits per heavy atom. The fourth-order valence-electron chi connectivity index (χ4n) is 0.907. The van der Waals surface area contributed by atoms with Gasteiger partial charge < -0.3 is 0 Å². The molecule has 0 aromatic heterocycles. The molecule has 60 valence electrons. The minimum absolute atomic E-state index is 0.516. The van der Waals surface area contributed by atoms with Crippen molar-refractivity contribution in [2.24, 2.45) is 0 Å². The molecular formula is C9H10ClF. The van der Waals surface area contributed by atoms with Crippen LogP contribution in [0.4, 0.5) is 4.39 Å². The molecule has 0 aliphatic heterocycles. The summed E-state index contributed by atoms with van der Waals surface area (Å²) in [5, 5.41) is 0.650. The maximum Gasteiger partial charge on any atom is 0.125 e. The van der Waals surface area contributed by atoms with Gasteiger partial charge in [-0.3, -0.25) is 0 Å². The summed E-state index contributed by atoms with van der Waals surface area (Å²) in [5.41, 5.74) is 0.705. The largest absolute Gasteiger partial charge is 0.242 e. The Kier molecular flexibility index (Phi) is 2.89. The van der Waals surface area contributed by atoms with Gasteiger partial charge in [0.05, 0.1) is 0 Å². The maximum absolute atomic E-state index is 13.0. The zero-order chi connectivity index (χ0) is 8.27. The third-order valence-electron chi connectivity index (χ3n) is 1.59. The molecule has 0 radical (unpaired) electrons. The highest BCUT2D eigenvalue weighted by atomic mass is 35.5. The number of hydrogen-bond donors (Lipinski definition) is 0. The molecule has 0 saturated heterocycles. The lowest BCUT2D eigenvalue weighted by atomic mass is 10.1. The van der Waals surface area contributed by atoms with Crippen molar-refractivity contribution in [3.05, 3.63) is 34.9 Å². The van der Waals surface area contributed by atoms with Gasteiger partial charge >= 0.3 is 0 Å². The second-order valence-electron chi connectivity index (χ2n) is 2.43. The standard InChI is InChI=1S/C9H10ClF/c1-2-9(11)7-3-5-8(10)6-4-7/h3-6,9H,2H2,1H3. The second kappa shape index (κ2) is 3.72. The maximum atomic E-state index is 13.0. The first-order chi connectivity index (χ1) is 5.24. The molecule has 0 saturated carbocycles. The third-order valence-corrected chi connectivity index (χ3v) is 1.84. The van der Waals surface area contributed by atoms with Crippen LogP contribution in [0.2, 0.25) is 5.02 Å². The third kappa shape index (κ3) is 2.19. The summed E-state index contributed by atoms with van der Waals surface area (Å²) in [4.78, 5) is 0. The van der Waals surface area contributed by atoms with Crippen LogP contribution in [0.25, 0.3) is 0 Å². The molecule has 0 bridgehead atoms. The van der Waals surface area contributed by atoms with Gasteiger partial charge in [-0.05, 0) is 24.1 Å². The van der Waals surface area contributed by atoms with Gasteiger partial charge in [-0.15, -0.1) is 0 Å². The van der Waals surface area contributed by atoms with Crippen molar-refractivity contribution in [2.45, 2.75) is 19.5 Å². The van der Waals surface area contributed by atoms with E-state index in [1.54, 1.807) is 24.3 Å². The molecule has 0 fully saturated rings. The van der Waals surface area contributed by atoms with E-state index in [1.807, 2.05) is 6.92 Å². The van der Waals surface area contributed by atoms with Crippen molar-refractivity contribution in [3.63, 3.8) is 0 Å². The van der Waals surface area contributed by atoms with Gasteiger partial charge in [0.1, 0.15) is 6.17 Å². The van der Waals surface area contributed by atoms with Gasteiger partial charge in [0.15, 0.2) is 0 Å². The van der Waals surface area contributed by atoms with Crippen molar-refractivity contribution in [2.75, 3.05) is 0 Å². The lowest BCUT2D eigenvalue weighted by Crippen LogP contribution is -1.87. The van der Waals surface area contributed by atoms with E-state index in [4.69, 9.17) is 11.6 Å². The molecule has 0 heterocycles. The number of halogens is 2. The Balaban J connectivity index is 2.81. The Morgan fingerprint density at radius 3 is 2.36 bits per heavy atom. The number of hydrogen-bond acceptors (Lipinski definition) is 0. The normalized spacial score (nSPS) is 13.0. The Morgan fingerprint density at radius 1 is 1.36 bits per heavy atom. The van der Waals surface area contributed by atoms with Crippen LogP contribution in [0.5, 0.6) is 0 Å². The van der Waals surface area contributed by atoms with Crippen LogP contribution in [0.15, 0.2) is 24.3 Å². The number of benzene rings is 1. The van der Waals surface area contributed by atoms with E-state index in [0.717, 1.165) is 0 Å². The molecule has 1 atom stereocenters. The van der Waals surface area contributed by atoms with Gasteiger partial charge in [0, 0.05) is 5.02 Å². The molecule has 2 heteroatoms. The van der Waals surface area contributed by atoms with Crippen molar-refractivity contribution < 1.29 is 4.39 Å². The summed E-state index contributed by atoms with van der Waals surface area (Å²) in [6, 6.07) is 6.85. The molecule has 0 aliphatic rings. The van der Waals surface area contributed by atoms with Crippen molar-refractivity contribution in [1.29, 1.82) is 0 Å². The van der Waals surface area contributed by atoms with E-state index in [1.165, 1.54) is 0 Å². The Labute approximate surface area is 71.0 Å². The van der Waals surface area contributed by atoms with Crippen LogP contribution < -0.4 is 0 Å². The molecule has 1 unspecified atom stereocenters. The summed E-state index contributed by atoms with van der Waals surface area (Å²) in [6.07, 6.45) is -0.339. The van der Waals surface area contributed by atoms with Crippen molar-refractivity contribution >= 4 is 11.6 Å². The molecule has 0 aliphatic carbocycles. The summed E-state index contributed by atoms with van der Waals surface area (Å²) >= 11 is 5.64. The van der Waals surface area contributed by atoms with Gasteiger partial charge in [-0.2, -0.15) is 0 Å². The van der Waals surface area contributed by atoms with Gasteiger partial charge in [0.25, 0.3) is 0 Å². The summed E-state index contributed by atoms with van der Waals surface area (Å²) in [5.74, 6) is 0. The highest BCUT2D eigenvalue weighted by Crippen LogP contribution is 2.21. The Hall–Kier alpha value is -0.560. The summed E-state index contributed by atoms with van der Waals surface area (Å²) in [6.45, 7) is 1.82. The van der Waals surface area contributed by atoms with Gasteiger partial charge in [-0.1, -0.05) is 30.7 Å². The smallest absolute Gasteiger partial charge is 0.125 e. The molecule has 0 N–H and O–H groups in total. The van der Waals surface area contributed by atoms with E-state index in [0.29, 0.717) is 17.0 Å². The predicted octanol–water partition coefficient (Wildman–Crippen LogP) is 3.76. The zero-order valence-electron chi connectivity index (χ0n) is 6.35. The van der Waals surface area contributed by atoms with Crippen molar-refractivity contribution in [1.82, 2.24) is 0 Å². The molecule has 1 aromatic rings. The second-order valence-corrected chi connectivity index (χ2v) is 2.86. The van der Waals surface area contributed by atoms with Crippen LogP contribution >= 0.6 is 11.6 Å². The average Bonchev–Trinajstić information content (AvgIpc) is 2.05. The SMILES string of the molecule is CCC(F)c1ccc(Cl)cc1. The van der Waals surface area contributed by atoms with Crippen LogP contribution in [-0.2, 0) is 0 Å². The van der Waals surface area contributed by atoms with E-state index in [2.05, 4.69) is 0 Å². The lowest BCUT2D eigenvalue weighted by molar-refractivity contribution is 0.334. The number of rotatable bonds is 2. The van der Waals surface area contributed by atoms with Crippen LogP contribution in [0.1, 0.15) is 25.1 Å². The van der Waals surface area contributed by atoms with E-state index < -0.39 is 6.17 Å². The van der Waals surface area contributed by atoms with Crippen molar-refractivity contribution in [3.8, 4) is 0 Å². The molecule has 1 aromatic carbocycles. The lowest BCUT2D eigenvalue weighted by Gasteiger charge is -2.03. The fraction of sp³-hybridized carbons (Fsp3) is 0.333. The van der Waals surface area contributed by atoms with Gasteiger partial charge in [0.2, 0.25) is 0 Å². The van der Waals surface area contributed by atoms with E-state index in [-0.39, 0.29) is 0 Å². The quantitative estimate of drug-likeness (QED) is 0.637. The topological polar surface area (TPSA) is 0 Å². The monoisotopic (exact) mass is 172 g/mol. The highest BCUT2D eigenvalue weighted by Gasteiger charge is 2.04. The fourth-order valence-corrected chi connectivity index (χ4v) is 1.03. The molecular weight excluding hydrogens is 163 g/mol. The summed E-state index contributed by atoms with van der Waals surface area (Å²) in [7, 11) is 0. The van der Waals surface area contributed by atoms with Crippen LogP contribution in [0, 0.1) is 0 Å². The minimum atomic E-state index is -0.854. The van der Waals surface area contributed by atoms with E-state index in [9.17, 15) is 4.39 Å².